The summed E-state index contributed by atoms with van der Waals surface area (Å²) < 4.78 is 103. The molecule has 78 heavy (non-hydrogen) atoms. The van der Waals surface area contributed by atoms with Crippen molar-refractivity contribution in [1.82, 2.24) is 59.1 Å². The Morgan fingerprint density at radius 2 is 0.885 bits per heavy atom. The molecule has 9 aromatic heterocycles. The second kappa shape index (κ2) is 32.1. The van der Waals surface area contributed by atoms with E-state index in [4.69, 9.17) is 11.6 Å². The highest BCUT2D eigenvalue weighted by atomic mass is 35.5. The van der Waals surface area contributed by atoms with Gasteiger partial charge in [0.1, 0.15) is 5.15 Å². The van der Waals surface area contributed by atoms with Crippen LogP contribution in [0.15, 0.2) is 28.7 Å². The van der Waals surface area contributed by atoms with Crippen LogP contribution in [0.3, 0.4) is 0 Å². The van der Waals surface area contributed by atoms with Crippen LogP contribution in [0.1, 0.15) is 108 Å². The van der Waals surface area contributed by atoms with Crippen molar-refractivity contribution in [2.75, 3.05) is 0 Å². The summed E-state index contributed by atoms with van der Waals surface area (Å²) in [5.74, 6) is -0.486. The largest absolute Gasteiger partial charge is 0.434 e. The van der Waals surface area contributed by atoms with Gasteiger partial charge in [-0.3, -0.25) is 9.36 Å². The topological polar surface area (TPSA) is 123 Å². The minimum Gasteiger partial charge on any atom is -0.275 e. The van der Waals surface area contributed by atoms with E-state index in [1.54, 1.807) is 87.4 Å². The van der Waals surface area contributed by atoms with Gasteiger partial charge in [-0.25, -0.2) is 29.3 Å². The van der Waals surface area contributed by atoms with Gasteiger partial charge in [-0.1, -0.05) is 11.6 Å². The molecule has 9 heterocycles. The molecular weight excluding hydrogens is 1140 g/mol. The molecular formula is C52H71ClF8N12S5. The van der Waals surface area contributed by atoms with Gasteiger partial charge in [-0.05, 0) is 147 Å². The Hall–Kier alpha value is -5.21. The lowest BCUT2D eigenvalue weighted by molar-refractivity contribution is -0.142. The lowest BCUT2D eigenvalue weighted by Crippen LogP contribution is -2.06. The molecule has 0 spiro atoms. The number of aromatic nitrogens is 12. The summed E-state index contributed by atoms with van der Waals surface area (Å²) in [5.41, 5.74) is 12.5. The first-order valence-electron chi connectivity index (χ1n) is 23.5. The van der Waals surface area contributed by atoms with Crippen molar-refractivity contribution in [3.8, 4) is 0 Å². The average Bonchev–Trinajstić information content (AvgIpc) is 4.26. The van der Waals surface area contributed by atoms with Gasteiger partial charge in [0.05, 0.1) is 55.2 Å². The first-order valence-corrected chi connectivity index (χ1v) is 28.2. The van der Waals surface area contributed by atoms with Crippen molar-refractivity contribution in [2.45, 2.75) is 137 Å². The Balaban J connectivity index is 0.000000440. The quantitative estimate of drug-likeness (QED) is 0.138. The second-order valence-corrected chi connectivity index (χ2v) is 23.8. The predicted molar refractivity (Wildman–Crippen MR) is 306 cm³/mol. The highest BCUT2D eigenvalue weighted by Gasteiger charge is 2.36. The van der Waals surface area contributed by atoms with E-state index in [1.165, 1.54) is 65.2 Å². The fraction of sp³-hybridized carbons (Fsp3) is 0.462. The number of alkyl halides is 6. The van der Waals surface area contributed by atoms with Gasteiger partial charge in [0.2, 0.25) is 11.9 Å². The van der Waals surface area contributed by atoms with Crippen LogP contribution in [0.4, 0.5) is 35.1 Å². The van der Waals surface area contributed by atoms with Crippen molar-refractivity contribution >= 4 is 68.3 Å². The number of rotatable bonds is 0. The van der Waals surface area contributed by atoms with E-state index < -0.39 is 23.7 Å². The van der Waals surface area contributed by atoms with E-state index in [-0.39, 0.29) is 21.6 Å². The molecule has 0 bridgehead atoms. The summed E-state index contributed by atoms with van der Waals surface area (Å²) in [7, 11) is 6.95. The summed E-state index contributed by atoms with van der Waals surface area (Å²) in [4.78, 5) is 19.4. The minimum absolute atomic E-state index is 0.215. The standard InChI is InChI=1S/C6H9ClN2.C6H6F3NS.2C6H9FN2.C6H10N2.C6H9NS.C6H8S.C5H4F3NS.C5H7NS/c1-4-5(2)8-9(3)6(4)7;1-3-5(6(7,8)9)10-4(2)11-3;2*1-4-5(2)8-9(3)6(4)7;1-5-4-8(3)7-6(5)2;1-4-5(2)8-6(3)7-4;1-5-3-4-7-6(5)2;1-3-4(5(6,7)8)9-2-10-3;1-4-5(2)7-3-6-4/h1-3H3;1-2H3;2*1-3H3;4H,1-3H3;1-3H3;3-4H,1-2H3;2H,1H3;3H,1-2H3. The van der Waals surface area contributed by atoms with Crippen molar-refractivity contribution in [1.29, 1.82) is 0 Å². The number of hydrogen-bond donors (Lipinski definition) is 0. The lowest BCUT2D eigenvalue weighted by Gasteiger charge is -2.01. The van der Waals surface area contributed by atoms with E-state index in [9.17, 15) is 35.1 Å². The molecule has 0 saturated carbocycles. The molecule has 0 fully saturated rings. The Kier molecular flexibility index (Phi) is 29.2. The van der Waals surface area contributed by atoms with Crippen LogP contribution < -0.4 is 0 Å². The molecule has 0 atom stereocenters. The molecule has 0 radical (unpaired) electrons. The Morgan fingerprint density at radius 1 is 0.436 bits per heavy atom. The normalized spacial score (nSPS) is 10.5. The van der Waals surface area contributed by atoms with Crippen molar-refractivity contribution in [2.24, 2.45) is 28.2 Å². The fourth-order valence-electron chi connectivity index (χ4n) is 5.74. The molecule has 0 saturated heterocycles. The first kappa shape index (κ1) is 70.8. The summed E-state index contributed by atoms with van der Waals surface area (Å²) >= 11 is 13.1. The van der Waals surface area contributed by atoms with Crippen LogP contribution in [0.25, 0.3) is 0 Å². The van der Waals surface area contributed by atoms with Gasteiger partial charge < -0.3 is 0 Å². The molecule has 12 nitrogen and oxygen atoms in total. The predicted octanol–water partition coefficient (Wildman–Crippen LogP) is 16.5. The summed E-state index contributed by atoms with van der Waals surface area (Å²) in [5, 5.41) is 20.4. The van der Waals surface area contributed by atoms with Crippen LogP contribution in [0.2, 0.25) is 5.15 Å². The minimum atomic E-state index is -4.30. The second-order valence-electron chi connectivity index (χ2n) is 17.4. The van der Waals surface area contributed by atoms with Crippen LogP contribution >= 0.6 is 68.3 Å². The number of thiazole rings is 4. The van der Waals surface area contributed by atoms with Gasteiger partial charge in [0.25, 0.3) is 0 Å². The maximum Gasteiger partial charge on any atom is 0.434 e. The van der Waals surface area contributed by atoms with E-state index in [0.717, 1.165) is 61.9 Å². The molecule has 9 rings (SSSR count). The van der Waals surface area contributed by atoms with Crippen LogP contribution in [0.5, 0.6) is 0 Å². The van der Waals surface area contributed by atoms with Gasteiger partial charge in [-0.15, -0.1) is 56.7 Å². The van der Waals surface area contributed by atoms with E-state index in [0.29, 0.717) is 16.1 Å². The van der Waals surface area contributed by atoms with Crippen molar-refractivity contribution in [3.63, 3.8) is 0 Å². The van der Waals surface area contributed by atoms with Crippen LogP contribution in [0, 0.1) is 137 Å². The lowest BCUT2D eigenvalue weighted by atomic mass is 10.3. The van der Waals surface area contributed by atoms with Gasteiger partial charge in [0.15, 0.2) is 11.4 Å². The molecule has 26 heteroatoms. The Morgan fingerprint density at radius 3 is 1.01 bits per heavy atom. The molecule has 9 aromatic rings. The maximum atomic E-state index is 12.7. The van der Waals surface area contributed by atoms with Gasteiger partial charge in [0, 0.05) is 75.5 Å². The maximum absolute atomic E-state index is 12.7. The Labute approximate surface area is 478 Å². The summed E-state index contributed by atoms with van der Waals surface area (Å²) in [6.07, 6.45) is -6.58. The smallest absolute Gasteiger partial charge is 0.275 e. The third-order valence-corrected chi connectivity index (χ3v) is 16.0. The molecule has 0 N–H and O–H groups in total. The number of halogens is 9. The molecule has 432 valence electrons. The molecule has 0 aliphatic heterocycles. The zero-order valence-corrected chi connectivity index (χ0v) is 53.0. The third kappa shape index (κ3) is 23.6. The zero-order valence-electron chi connectivity index (χ0n) is 48.2. The highest BCUT2D eigenvalue weighted by molar-refractivity contribution is 7.12. The molecule has 0 aliphatic rings. The van der Waals surface area contributed by atoms with E-state index in [2.05, 4.69) is 86.4 Å². The number of hydrogen-bond acceptors (Lipinski definition) is 13. The van der Waals surface area contributed by atoms with E-state index in [1.807, 2.05) is 72.0 Å². The number of nitrogens with zero attached hydrogens (tertiary/aromatic N) is 12. The van der Waals surface area contributed by atoms with Crippen LogP contribution in [-0.4, -0.2) is 59.1 Å². The molecule has 0 unspecified atom stereocenters. The number of aryl methyl sites for hydroxylation is 19. The molecule has 0 aromatic carbocycles. The van der Waals surface area contributed by atoms with E-state index >= 15 is 0 Å². The fourth-order valence-corrected chi connectivity index (χ4v) is 9.49. The third-order valence-electron chi connectivity index (χ3n) is 11.0. The van der Waals surface area contributed by atoms with Gasteiger partial charge in [-0.2, -0.15) is 55.5 Å². The number of thiophene rings is 1. The average molecular weight is 1210 g/mol. The SMILES string of the molecule is Cc1ccsc1C.Cc1cn(C)nc1C.Cc1nc(C(F)(F)F)c(C)s1.Cc1nc(C)c(C)s1.Cc1ncsc1C.Cc1nn(C)c(Cl)c1C.Cc1nn(C)c(F)c1C.Cc1nn(C)c(F)c1C.Cc1scnc1C(F)(F)F. The molecule has 0 aliphatic carbocycles. The summed E-state index contributed by atoms with van der Waals surface area (Å²) in [6.45, 7) is 33.9. The van der Waals surface area contributed by atoms with Crippen molar-refractivity contribution in [3.05, 3.63) is 153 Å². The van der Waals surface area contributed by atoms with Crippen molar-refractivity contribution < 1.29 is 35.1 Å². The molecule has 0 amide bonds. The summed E-state index contributed by atoms with van der Waals surface area (Å²) in [6, 6.07) is 2.14. The van der Waals surface area contributed by atoms with Crippen LogP contribution in [-0.2, 0) is 40.5 Å². The zero-order chi connectivity index (χ0) is 60.3. The monoisotopic (exact) mass is 1210 g/mol. The Bertz CT molecular complexity index is 2870. The first-order chi connectivity index (χ1) is 35.8. The van der Waals surface area contributed by atoms with Gasteiger partial charge >= 0.3 is 12.4 Å². The highest BCUT2D eigenvalue weighted by Crippen LogP contribution is 2.34.